The smallest absolute Gasteiger partial charge is 0.123 e. The zero-order valence-electron chi connectivity index (χ0n) is 12.0. The van der Waals surface area contributed by atoms with Crippen LogP contribution >= 0.6 is 0 Å². The highest BCUT2D eigenvalue weighted by atomic mass is 19.1. The lowest BCUT2D eigenvalue weighted by atomic mass is 9.92. The van der Waals surface area contributed by atoms with E-state index >= 15 is 0 Å². The summed E-state index contributed by atoms with van der Waals surface area (Å²) in [4.78, 5) is 0. The molecular formula is C17H24FN. The van der Waals surface area contributed by atoms with Gasteiger partial charge in [-0.2, -0.15) is 0 Å². The predicted octanol–water partition coefficient (Wildman–Crippen LogP) is 4.68. The Hall–Kier alpha value is -1.15. The monoisotopic (exact) mass is 261 g/mol. The van der Waals surface area contributed by atoms with Gasteiger partial charge in [0, 0.05) is 0 Å². The molecule has 0 heterocycles. The third-order valence-corrected chi connectivity index (χ3v) is 3.90. The van der Waals surface area contributed by atoms with Crippen LogP contribution < -0.4 is 5.32 Å². The summed E-state index contributed by atoms with van der Waals surface area (Å²) in [6, 6.07) is 5.40. The molecule has 0 aromatic heterocycles. The molecule has 0 bridgehead atoms. The first kappa shape index (κ1) is 14.3. The van der Waals surface area contributed by atoms with Crippen molar-refractivity contribution in [2.24, 2.45) is 0 Å². The predicted molar refractivity (Wildman–Crippen MR) is 78.7 cm³/mol. The number of aryl methyl sites for hydroxylation is 1. The van der Waals surface area contributed by atoms with E-state index in [1.54, 1.807) is 12.1 Å². The number of hydrogen-bond donors (Lipinski definition) is 1. The second-order valence-corrected chi connectivity index (χ2v) is 5.37. The Kier molecular flexibility index (Phi) is 5.15. The van der Waals surface area contributed by atoms with E-state index in [0.717, 1.165) is 18.5 Å². The maximum atomic E-state index is 13.3. The van der Waals surface area contributed by atoms with Crippen LogP contribution in [-0.4, -0.2) is 6.54 Å². The topological polar surface area (TPSA) is 12.0 Å². The maximum absolute atomic E-state index is 13.3. The van der Waals surface area contributed by atoms with Crippen LogP contribution in [0.2, 0.25) is 0 Å². The molecule has 19 heavy (non-hydrogen) atoms. The van der Waals surface area contributed by atoms with Gasteiger partial charge >= 0.3 is 0 Å². The van der Waals surface area contributed by atoms with Gasteiger partial charge in [-0.25, -0.2) is 4.39 Å². The van der Waals surface area contributed by atoms with Crippen molar-refractivity contribution in [1.29, 1.82) is 0 Å². The van der Waals surface area contributed by atoms with Crippen molar-refractivity contribution < 1.29 is 4.39 Å². The van der Waals surface area contributed by atoms with Crippen molar-refractivity contribution >= 4 is 0 Å². The van der Waals surface area contributed by atoms with Gasteiger partial charge in [-0.3, -0.25) is 0 Å². The summed E-state index contributed by atoms with van der Waals surface area (Å²) in [6.07, 6.45) is 8.62. The van der Waals surface area contributed by atoms with Gasteiger partial charge in [-0.15, -0.1) is 0 Å². The Morgan fingerprint density at radius 3 is 2.84 bits per heavy atom. The van der Waals surface area contributed by atoms with Crippen molar-refractivity contribution in [2.75, 3.05) is 6.54 Å². The number of halogens is 1. The molecule has 1 N–H and O–H groups in total. The number of benzene rings is 1. The van der Waals surface area contributed by atoms with Gasteiger partial charge in [0.15, 0.2) is 0 Å². The zero-order valence-corrected chi connectivity index (χ0v) is 12.0. The number of allylic oxidation sites excluding steroid dienone is 1. The number of hydrogen-bond acceptors (Lipinski definition) is 1. The second-order valence-electron chi connectivity index (χ2n) is 5.37. The Morgan fingerprint density at radius 2 is 2.11 bits per heavy atom. The Morgan fingerprint density at radius 1 is 1.26 bits per heavy atom. The van der Waals surface area contributed by atoms with Crippen LogP contribution in [0.25, 0.3) is 0 Å². The van der Waals surface area contributed by atoms with Crippen LogP contribution in [0.1, 0.15) is 56.2 Å². The number of rotatable bonds is 4. The minimum atomic E-state index is -0.147. The molecule has 104 valence electrons. The fourth-order valence-corrected chi connectivity index (χ4v) is 2.91. The van der Waals surface area contributed by atoms with Crippen LogP contribution in [0.5, 0.6) is 0 Å². The lowest BCUT2D eigenvalue weighted by molar-refractivity contribution is 0.582. The van der Waals surface area contributed by atoms with Crippen molar-refractivity contribution in [3.63, 3.8) is 0 Å². The Labute approximate surface area is 115 Å². The van der Waals surface area contributed by atoms with E-state index in [9.17, 15) is 4.39 Å². The molecule has 2 heteroatoms. The summed E-state index contributed by atoms with van der Waals surface area (Å²) >= 11 is 0. The molecule has 0 amide bonds. The first-order valence-electron chi connectivity index (χ1n) is 7.40. The maximum Gasteiger partial charge on any atom is 0.123 e. The summed E-state index contributed by atoms with van der Waals surface area (Å²) in [6.45, 7) is 5.06. The van der Waals surface area contributed by atoms with Gasteiger partial charge in [0.1, 0.15) is 5.82 Å². The van der Waals surface area contributed by atoms with Crippen molar-refractivity contribution in [2.45, 2.75) is 52.0 Å². The summed E-state index contributed by atoms with van der Waals surface area (Å²) in [5, 5.41) is 3.57. The number of nitrogens with one attached hydrogen (secondary N) is 1. The van der Waals surface area contributed by atoms with Crippen LogP contribution in [0.4, 0.5) is 4.39 Å². The normalized spacial score (nSPS) is 17.7. The van der Waals surface area contributed by atoms with E-state index in [-0.39, 0.29) is 11.9 Å². The van der Waals surface area contributed by atoms with E-state index in [0.29, 0.717) is 0 Å². The molecule has 0 saturated carbocycles. The zero-order chi connectivity index (χ0) is 13.7. The molecule has 2 rings (SSSR count). The summed E-state index contributed by atoms with van der Waals surface area (Å²) in [5.74, 6) is -0.147. The average molecular weight is 261 g/mol. The van der Waals surface area contributed by atoms with Crippen LogP contribution in [0.15, 0.2) is 29.8 Å². The molecule has 0 aliphatic heterocycles. The summed E-state index contributed by atoms with van der Waals surface area (Å²) < 4.78 is 13.3. The van der Waals surface area contributed by atoms with Gasteiger partial charge in [-0.1, -0.05) is 31.1 Å². The molecule has 1 atom stereocenters. The number of likely N-dealkylation sites (N-methyl/N-ethyl adjacent to an activating group) is 1. The van der Waals surface area contributed by atoms with Gasteiger partial charge < -0.3 is 5.32 Å². The minimum Gasteiger partial charge on any atom is -0.307 e. The van der Waals surface area contributed by atoms with Gasteiger partial charge in [0.2, 0.25) is 0 Å². The molecule has 1 aromatic carbocycles. The highest BCUT2D eigenvalue weighted by Gasteiger charge is 2.18. The molecule has 1 aromatic rings. The van der Waals surface area contributed by atoms with E-state index in [1.807, 2.05) is 13.0 Å². The molecule has 0 spiro atoms. The van der Waals surface area contributed by atoms with Crippen LogP contribution in [0, 0.1) is 12.7 Å². The molecule has 1 unspecified atom stereocenters. The van der Waals surface area contributed by atoms with E-state index in [4.69, 9.17) is 0 Å². The Balaban J connectivity index is 2.30. The lowest BCUT2D eigenvalue weighted by Gasteiger charge is -2.23. The van der Waals surface area contributed by atoms with Gasteiger partial charge in [0.05, 0.1) is 6.04 Å². The van der Waals surface area contributed by atoms with E-state index < -0.39 is 0 Å². The third kappa shape index (κ3) is 3.66. The fraction of sp³-hybridized carbons (Fsp3) is 0.529. The van der Waals surface area contributed by atoms with Crippen LogP contribution in [0.3, 0.4) is 0 Å². The minimum absolute atomic E-state index is 0.147. The third-order valence-electron chi connectivity index (χ3n) is 3.90. The molecule has 0 radical (unpaired) electrons. The fourth-order valence-electron chi connectivity index (χ4n) is 2.91. The Bertz CT molecular complexity index is 451. The average Bonchev–Trinajstić information content (AvgIpc) is 2.65. The van der Waals surface area contributed by atoms with E-state index in [2.05, 4.69) is 18.3 Å². The largest absolute Gasteiger partial charge is 0.307 e. The van der Waals surface area contributed by atoms with E-state index in [1.165, 1.54) is 36.8 Å². The van der Waals surface area contributed by atoms with Crippen LogP contribution in [-0.2, 0) is 0 Å². The second kappa shape index (κ2) is 6.85. The van der Waals surface area contributed by atoms with Gasteiger partial charge in [0.25, 0.3) is 0 Å². The first-order valence-corrected chi connectivity index (χ1v) is 7.40. The molecule has 0 saturated heterocycles. The van der Waals surface area contributed by atoms with Crippen molar-refractivity contribution in [3.8, 4) is 0 Å². The van der Waals surface area contributed by atoms with Crippen molar-refractivity contribution in [1.82, 2.24) is 5.32 Å². The first-order chi connectivity index (χ1) is 9.22. The summed E-state index contributed by atoms with van der Waals surface area (Å²) in [7, 11) is 0. The molecular weight excluding hydrogens is 237 g/mol. The highest BCUT2D eigenvalue weighted by Crippen LogP contribution is 2.31. The lowest BCUT2D eigenvalue weighted by Crippen LogP contribution is -2.23. The molecule has 1 nitrogen and oxygen atoms in total. The van der Waals surface area contributed by atoms with Gasteiger partial charge in [-0.05, 0) is 62.4 Å². The summed E-state index contributed by atoms with van der Waals surface area (Å²) in [5.41, 5.74) is 3.74. The van der Waals surface area contributed by atoms with Crippen molar-refractivity contribution in [3.05, 3.63) is 46.8 Å². The quantitative estimate of drug-likeness (QED) is 0.776. The molecule has 0 fully saturated rings. The standard InChI is InChI=1S/C17H24FN/c1-3-19-17(14-8-6-4-5-7-9-14)16-11-10-15(18)12-13(16)2/h8,10-12,17,19H,3-7,9H2,1-2H3. The molecule has 1 aliphatic rings. The molecule has 1 aliphatic carbocycles. The SMILES string of the molecule is CCNC(C1=CCCCCC1)c1ccc(F)cc1C. The highest BCUT2D eigenvalue weighted by molar-refractivity contribution is 5.35.